The van der Waals surface area contributed by atoms with Gasteiger partial charge < -0.3 is 10.6 Å². The zero-order valence-electron chi connectivity index (χ0n) is 9.82. The molecule has 0 radical (unpaired) electrons. The Hall–Kier alpha value is -1.81. The summed E-state index contributed by atoms with van der Waals surface area (Å²) in [7, 11) is 0. The molecule has 1 heterocycles. The predicted octanol–water partition coefficient (Wildman–Crippen LogP) is 2.44. The van der Waals surface area contributed by atoms with Crippen molar-refractivity contribution < 1.29 is 4.79 Å². The number of pyridine rings is 1. The second-order valence-electron chi connectivity index (χ2n) is 3.87. The fourth-order valence-electron chi connectivity index (χ4n) is 1.75. The molecule has 0 saturated heterocycles. The van der Waals surface area contributed by atoms with Crippen LogP contribution in [0.4, 0.5) is 5.69 Å². The number of benzene rings is 1. The van der Waals surface area contributed by atoms with Gasteiger partial charge in [-0.2, -0.15) is 0 Å². The Morgan fingerprint density at radius 2 is 2.17 bits per heavy atom. The van der Waals surface area contributed by atoms with Gasteiger partial charge in [-0.05, 0) is 30.7 Å². The normalized spacial score (nSPS) is 10.3. The lowest BCUT2D eigenvalue weighted by atomic mass is 10.2. The van der Waals surface area contributed by atoms with Crippen molar-refractivity contribution >= 4 is 34.6 Å². The van der Waals surface area contributed by atoms with Gasteiger partial charge in [0.05, 0.1) is 5.52 Å². The largest absolute Gasteiger partial charge is 0.384 e. The first-order valence-corrected chi connectivity index (χ1v) is 6.14. The Morgan fingerprint density at radius 3 is 3.00 bits per heavy atom. The van der Waals surface area contributed by atoms with E-state index in [2.05, 4.69) is 15.6 Å². The number of carbonyl (C=O) groups excluding carboxylic acids is 1. The van der Waals surface area contributed by atoms with Crippen LogP contribution in [0.25, 0.3) is 10.9 Å². The molecule has 0 spiro atoms. The maximum atomic E-state index is 10.1. The summed E-state index contributed by atoms with van der Waals surface area (Å²) in [4.78, 5) is 14.4. The summed E-state index contributed by atoms with van der Waals surface area (Å²) in [6.07, 6.45) is 3.34. The van der Waals surface area contributed by atoms with Crippen LogP contribution in [-0.2, 0) is 4.79 Å². The Balaban J connectivity index is 2.08. The fraction of sp³-hybridized carbons (Fsp3) is 0.231. The van der Waals surface area contributed by atoms with Gasteiger partial charge in [0.2, 0.25) is 6.41 Å². The molecule has 4 nitrogen and oxygen atoms in total. The summed E-state index contributed by atoms with van der Waals surface area (Å²) < 4.78 is 0. The predicted molar refractivity (Wildman–Crippen MR) is 73.9 cm³/mol. The first-order valence-electron chi connectivity index (χ1n) is 5.76. The number of aromatic nitrogens is 1. The van der Waals surface area contributed by atoms with Crippen molar-refractivity contribution in [2.45, 2.75) is 6.42 Å². The molecular formula is C13H14ClN3O. The molecule has 5 heteroatoms. The number of hydrogen-bond acceptors (Lipinski definition) is 3. The van der Waals surface area contributed by atoms with Crippen molar-refractivity contribution in [1.82, 2.24) is 10.3 Å². The molecule has 0 atom stereocenters. The number of amides is 1. The molecule has 0 aliphatic heterocycles. The van der Waals surface area contributed by atoms with E-state index in [0.717, 1.165) is 29.6 Å². The first kappa shape index (κ1) is 12.6. The molecule has 0 aliphatic rings. The number of fused-ring (bicyclic) bond motifs is 1. The van der Waals surface area contributed by atoms with Gasteiger partial charge in [0.25, 0.3) is 0 Å². The van der Waals surface area contributed by atoms with Crippen LogP contribution in [0.2, 0.25) is 5.02 Å². The second-order valence-corrected chi connectivity index (χ2v) is 4.31. The Morgan fingerprint density at radius 1 is 1.28 bits per heavy atom. The first-order chi connectivity index (χ1) is 8.81. The summed E-state index contributed by atoms with van der Waals surface area (Å²) in [5.74, 6) is 0. The van der Waals surface area contributed by atoms with Crippen LogP contribution in [0.1, 0.15) is 6.42 Å². The van der Waals surface area contributed by atoms with Gasteiger partial charge in [0.1, 0.15) is 0 Å². The minimum absolute atomic E-state index is 0.667. The third-order valence-electron chi connectivity index (χ3n) is 2.60. The number of anilines is 1. The lowest BCUT2D eigenvalue weighted by molar-refractivity contribution is -0.109. The van der Waals surface area contributed by atoms with E-state index < -0.39 is 0 Å². The summed E-state index contributed by atoms with van der Waals surface area (Å²) >= 11 is 5.99. The number of nitrogens with one attached hydrogen (secondary N) is 2. The molecule has 2 aromatic rings. The molecule has 0 bridgehead atoms. The minimum Gasteiger partial charge on any atom is -0.384 e. The molecule has 2 N–H and O–H groups in total. The van der Waals surface area contributed by atoms with Gasteiger partial charge in [-0.1, -0.05) is 11.6 Å². The molecule has 0 saturated carbocycles. The van der Waals surface area contributed by atoms with E-state index >= 15 is 0 Å². The second kappa shape index (κ2) is 6.21. The van der Waals surface area contributed by atoms with E-state index in [1.54, 1.807) is 6.20 Å². The van der Waals surface area contributed by atoms with E-state index in [0.29, 0.717) is 18.0 Å². The molecule has 1 amide bonds. The molecular weight excluding hydrogens is 250 g/mol. The van der Waals surface area contributed by atoms with E-state index in [1.165, 1.54) is 0 Å². The lowest BCUT2D eigenvalue weighted by Crippen LogP contribution is -2.15. The molecule has 0 fully saturated rings. The molecule has 1 aromatic carbocycles. The summed E-state index contributed by atoms with van der Waals surface area (Å²) in [6.45, 7) is 1.45. The van der Waals surface area contributed by atoms with Crippen LogP contribution in [0, 0.1) is 0 Å². The Kier molecular flexibility index (Phi) is 4.36. The molecule has 0 aliphatic carbocycles. The highest BCUT2D eigenvalue weighted by Crippen LogP contribution is 2.24. The number of rotatable bonds is 6. The number of hydrogen-bond donors (Lipinski definition) is 2. The SMILES string of the molecule is O=CNCCCNc1ccnc2ccc(Cl)cc12. The van der Waals surface area contributed by atoms with Crippen LogP contribution in [0.5, 0.6) is 0 Å². The number of nitrogens with zero attached hydrogens (tertiary/aromatic N) is 1. The highest BCUT2D eigenvalue weighted by Gasteiger charge is 2.01. The van der Waals surface area contributed by atoms with Crippen LogP contribution in [0.15, 0.2) is 30.5 Å². The van der Waals surface area contributed by atoms with E-state index in [-0.39, 0.29) is 0 Å². The van der Waals surface area contributed by atoms with E-state index in [1.807, 2.05) is 24.3 Å². The Bertz CT molecular complexity index is 545. The van der Waals surface area contributed by atoms with Crippen LogP contribution in [0.3, 0.4) is 0 Å². The maximum Gasteiger partial charge on any atom is 0.207 e. The summed E-state index contributed by atoms with van der Waals surface area (Å²) in [5.41, 5.74) is 1.92. The molecule has 94 valence electrons. The average Bonchev–Trinajstić information content (AvgIpc) is 2.39. The fourth-order valence-corrected chi connectivity index (χ4v) is 1.92. The maximum absolute atomic E-state index is 10.1. The summed E-state index contributed by atoms with van der Waals surface area (Å²) in [6, 6.07) is 7.55. The topological polar surface area (TPSA) is 54.0 Å². The molecule has 1 aromatic heterocycles. The standard InChI is InChI=1S/C13H14ClN3O/c14-10-2-3-12-11(8-10)13(4-7-17-12)16-6-1-5-15-9-18/h2-4,7-9H,1,5-6H2,(H,15,18)(H,16,17). The Labute approximate surface area is 110 Å². The summed E-state index contributed by atoms with van der Waals surface area (Å²) in [5, 5.41) is 7.65. The van der Waals surface area contributed by atoms with Gasteiger partial charge in [-0.15, -0.1) is 0 Å². The third-order valence-corrected chi connectivity index (χ3v) is 2.84. The molecule has 2 rings (SSSR count). The van der Waals surface area contributed by atoms with Gasteiger partial charge in [0.15, 0.2) is 0 Å². The minimum atomic E-state index is 0.667. The van der Waals surface area contributed by atoms with Crippen molar-refractivity contribution in [2.75, 3.05) is 18.4 Å². The third kappa shape index (κ3) is 3.11. The zero-order valence-corrected chi connectivity index (χ0v) is 10.6. The van der Waals surface area contributed by atoms with Crippen molar-refractivity contribution in [3.8, 4) is 0 Å². The van der Waals surface area contributed by atoms with E-state index in [4.69, 9.17) is 11.6 Å². The van der Waals surface area contributed by atoms with Gasteiger partial charge in [0, 0.05) is 35.4 Å². The quantitative estimate of drug-likeness (QED) is 0.622. The molecule has 18 heavy (non-hydrogen) atoms. The highest BCUT2D eigenvalue weighted by molar-refractivity contribution is 6.31. The van der Waals surface area contributed by atoms with Crippen molar-refractivity contribution in [3.63, 3.8) is 0 Å². The van der Waals surface area contributed by atoms with Crippen LogP contribution >= 0.6 is 11.6 Å². The number of halogens is 1. The van der Waals surface area contributed by atoms with Crippen molar-refractivity contribution in [3.05, 3.63) is 35.5 Å². The monoisotopic (exact) mass is 263 g/mol. The van der Waals surface area contributed by atoms with Gasteiger partial charge >= 0.3 is 0 Å². The van der Waals surface area contributed by atoms with Gasteiger partial charge in [-0.25, -0.2) is 0 Å². The number of carbonyl (C=O) groups is 1. The highest BCUT2D eigenvalue weighted by atomic mass is 35.5. The van der Waals surface area contributed by atoms with E-state index in [9.17, 15) is 4.79 Å². The van der Waals surface area contributed by atoms with Crippen molar-refractivity contribution in [2.24, 2.45) is 0 Å². The lowest BCUT2D eigenvalue weighted by Gasteiger charge is -2.09. The van der Waals surface area contributed by atoms with Crippen LogP contribution < -0.4 is 10.6 Å². The molecule has 0 unspecified atom stereocenters. The van der Waals surface area contributed by atoms with Crippen molar-refractivity contribution in [1.29, 1.82) is 0 Å². The van der Waals surface area contributed by atoms with Gasteiger partial charge in [-0.3, -0.25) is 9.78 Å². The van der Waals surface area contributed by atoms with Crippen LogP contribution in [-0.4, -0.2) is 24.5 Å². The smallest absolute Gasteiger partial charge is 0.207 e. The zero-order chi connectivity index (χ0) is 12.8. The average molecular weight is 264 g/mol.